The number of hydrogen-bond donors (Lipinski definition) is 1. The number of nitrogens with one attached hydrogen (secondary N) is 1. The number of carbonyl (C=O) groups is 2. The van der Waals surface area contributed by atoms with Crippen molar-refractivity contribution in [3.63, 3.8) is 0 Å². The van der Waals surface area contributed by atoms with Crippen molar-refractivity contribution in [2.75, 3.05) is 11.9 Å². The van der Waals surface area contributed by atoms with E-state index in [0.717, 1.165) is 0 Å². The first kappa shape index (κ1) is 14.7. The molecular formula is C16H14FNO3. The van der Waals surface area contributed by atoms with Crippen LogP contribution in [-0.2, 0) is 4.79 Å². The molecule has 0 atom stereocenters. The van der Waals surface area contributed by atoms with E-state index in [0.29, 0.717) is 11.3 Å². The summed E-state index contributed by atoms with van der Waals surface area (Å²) in [7, 11) is 0. The van der Waals surface area contributed by atoms with Crippen LogP contribution in [0.25, 0.3) is 0 Å². The standard InChI is InChI=1S/C16H14FNO3/c1-11(19)12-5-4-6-13(9-12)21-10-16(20)18-15-8-3-2-7-14(15)17/h2-9H,10H2,1H3,(H,18,20). The predicted molar refractivity (Wildman–Crippen MR) is 77.0 cm³/mol. The monoisotopic (exact) mass is 287 g/mol. The number of rotatable bonds is 5. The molecule has 4 nitrogen and oxygen atoms in total. The lowest BCUT2D eigenvalue weighted by Crippen LogP contribution is -2.20. The molecule has 0 saturated carbocycles. The van der Waals surface area contributed by atoms with Crippen molar-refractivity contribution in [1.82, 2.24) is 0 Å². The molecule has 2 aromatic carbocycles. The molecule has 2 rings (SSSR count). The molecule has 0 aromatic heterocycles. The summed E-state index contributed by atoms with van der Waals surface area (Å²) in [5.74, 6) is -0.666. The van der Waals surface area contributed by atoms with Crippen molar-refractivity contribution in [2.45, 2.75) is 6.92 Å². The van der Waals surface area contributed by atoms with Crippen molar-refractivity contribution in [2.24, 2.45) is 0 Å². The van der Waals surface area contributed by atoms with Crippen LogP contribution in [0.3, 0.4) is 0 Å². The molecule has 0 aliphatic rings. The highest BCUT2D eigenvalue weighted by Gasteiger charge is 2.08. The lowest BCUT2D eigenvalue weighted by molar-refractivity contribution is -0.118. The molecule has 0 fully saturated rings. The number of ketones is 1. The van der Waals surface area contributed by atoms with Crippen LogP contribution in [0.4, 0.5) is 10.1 Å². The maximum absolute atomic E-state index is 13.4. The Kier molecular flexibility index (Phi) is 4.66. The Labute approximate surface area is 121 Å². The molecule has 0 spiro atoms. The lowest BCUT2D eigenvalue weighted by Gasteiger charge is -2.08. The third-order valence-corrected chi connectivity index (χ3v) is 2.76. The van der Waals surface area contributed by atoms with Gasteiger partial charge in [-0.25, -0.2) is 4.39 Å². The van der Waals surface area contributed by atoms with Gasteiger partial charge in [-0.15, -0.1) is 0 Å². The Morgan fingerprint density at radius 3 is 2.62 bits per heavy atom. The second-order valence-corrected chi connectivity index (χ2v) is 4.40. The maximum Gasteiger partial charge on any atom is 0.262 e. The molecule has 0 unspecified atom stereocenters. The van der Waals surface area contributed by atoms with E-state index in [1.54, 1.807) is 30.3 Å². The topological polar surface area (TPSA) is 55.4 Å². The van der Waals surface area contributed by atoms with Crippen LogP contribution in [0.5, 0.6) is 5.75 Å². The third kappa shape index (κ3) is 4.14. The number of anilines is 1. The second kappa shape index (κ2) is 6.65. The van der Waals surface area contributed by atoms with Gasteiger partial charge in [0.25, 0.3) is 5.91 Å². The van der Waals surface area contributed by atoms with E-state index in [1.807, 2.05) is 0 Å². The normalized spacial score (nSPS) is 10.0. The molecule has 0 aliphatic heterocycles. The molecule has 0 bridgehead atoms. The first-order chi connectivity index (χ1) is 10.1. The fourth-order valence-electron chi connectivity index (χ4n) is 1.70. The van der Waals surface area contributed by atoms with Crippen LogP contribution in [0.2, 0.25) is 0 Å². The Bertz CT molecular complexity index is 670. The largest absolute Gasteiger partial charge is 0.484 e. The summed E-state index contributed by atoms with van der Waals surface area (Å²) in [6.07, 6.45) is 0. The zero-order valence-corrected chi connectivity index (χ0v) is 11.4. The number of Topliss-reactive ketones (excluding diaryl/α,β-unsaturated/α-hetero) is 1. The first-order valence-electron chi connectivity index (χ1n) is 6.34. The van der Waals surface area contributed by atoms with Crippen LogP contribution in [-0.4, -0.2) is 18.3 Å². The second-order valence-electron chi connectivity index (χ2n) is 4.40. The van der Waals surface area contributed by atoms with Crippen molar-refractivity contribution >= 4 is 17.4 Å². The summed E-state index contributed by atoms with van der Waals surface area (Å²) >= 11 is 0. The molecule has 0 saturated heterocycles. The fraction of sp³-hybridized carbons (Fsp3) is 0.125. The summed E-state index contributed by atoms with van der Waals surface area (Å²) < 4.78 is 18.6. The van der Waals surface area contributed by atoms with Crippen LogP contribution in [0, 0.1) is 5.82 Å². The number of para-hydroxylation sites is 1. The zero-order chi connectivity index (χ0) is 15.2. The predicted octanol–water partition coefficient (Wildman–Crippen LogP) is 3.05. The number of halogens is 1. The van der Waals surface area contributed by atoms with E-state index in [1.165, 1.54) is 25.1 Å². The molecule has 2 aromatic rings. The van der Waals surface area contributed by atoms with Crippen molar-refractivity contribution in [3.05, 3.63) is 59.9 Å². The highest BCUT2D eigenvalue weighted by Crippen LogP contribution is 2.15. The SMILES string of the molecule is CC(=O)c1cccc(OCC(=O)Nc2ccccc2F)c1. The van der Waals surface area contributed by atoms with Crippen LogP contribution in [0.15, 0.2) is 48.5 Å². The van der Waals surface area contributed by atoms with E-state index in [9.17, 15) is 14.0 Å². The maximum atomic E-state index is 13.4. The highest BCUT2D eigenvalue weighted by molar-refractivity contribution is 5.94. The molecule has 1 N–H and O–H groups in total. The molecular weight excluding hydrogens is 273 g/mol. The zero-order valence-electron chi connectivity index (χ0n) is 11.4. The number of ether oxygens (including phenoxy) is 1. The lowest BCUT2D eigenvalue weighted by atomic mass is 10.1. The molecule has 0 aliphatic carbocycles. The van der Waals surface area contributed by atoms with Crippen LogP contribution >= 0.6 is 0 Å². The third-order valence-electron chi connectivity index (χ3n) is 2.76. The summed E-state index contributed by atoms with van der Waals surface area (Å²) in [5, 5.41) is 2.41. The van der Waals surface area contributed by atoms with E-state index < -0.39 is 11.7 Å². The number of hydrogen-bond acceptors (Lipinski definition) is 3. The minimum atomic E-state index is -0.510. The van der Waals surface area contributed by atoms with E-state index >= 15 is 0 Å². The van der Waals surface area contributed by atoms with Gasteiger partial charge in [0.05, 0.1) is 5.69 Å². The number of carbonyl (C=O) groups excluding carboxylic acids is 2. The van der Waals surface area contributed by atoms with Gasteiger partial charge in [-0.2, -0.15) is 0 Å². The Morgan fingerprint density at radius 2 is 1.90 bits per heavy atom. The van der Waals surface area contributed by atoms with Gasteiger partial charge in [0.15, 0.2) is 12.4 Å². The molecule has 0 heterocycles. The number of amides is 1. The van der Waals surface area contributed by atoms with Gasteiger partial charge in [-0.3, -0.25) is 9.59 Å². The quantitative estimate of drug-likeness (QED) is 0.860. The molecule has 0 radical (unpaired) electrons. The molecule has 5 heteroatoms. The van der Waals surface area contributed by atoms with E-state index in [2.05, 4.69) is 5.32 Å². The summed E-state index contributed by atoms with van der Waals surface area (Å²) in [5.41, 5.74) is 0.602. The van der Waals surface area contributed by atoms with Gasteiger partial charge >= 0.3 is 0 Å². The van der Waals surface area contributed by atoms with Gasteiger partial charge in [0, 0.05) is 5.56 Å². The van der Waals surface area contributed by atoms with E-state index in [-0.39, 0.29) is 18.1 Å². The Hall–Kier alpha value is -2.69. The summed E-state index contributed by atoms with van der Waals surface area (Å²) in [6, 6.07) is 12.4. The minimum absolute atomic E-state index is 0.0868. The van der Waals surface area contributed by atoms with Crippen molar-refractivity contribution in [3.8, 4) is 5.75 Å². The first-order valence-corrected chi connectivity index (χ1v) is 6.34. The summed E-state index contributed by atoms with van der Waals surface area (Å²) in [6.45, 7) is 1.18. The highest BCUT2D eigenvalue weighted by atomic mass is 19.1. The molecule has 1 amide bonds. The smallest absolute Gasteiger partial charge is 0.262 e. The Balaban J connectivity index is 1.94. The van der Waals surface area contributed by atoms with Gasteiger partial charge in [0.1, 0.15) is 11.6 Å². The van der Waals surface area contributed by atoms with Gasteiger partial charge < -0.3 is 10.1 Å². The Morgan fingerprint density at radius 1 is 1.14 bits per heavy atom. The van der Waals surface area contributed by atoms with Crippen molar-refractivity contribution < 1.29 is 18.7 Å². The fourth-order valence-corrected chi connectivity index (χ4v) is 1.70. The van der Waals surface area contributed by atoms with Gasteiger partial charge in [-0.05, 0) is 31.2 Å². The van der Waals surface area contributed by atoms with Gasteiger partial charge in [-0.1, -0.05) is 24.3 Å². The van der Waals surface area contributed by atoms with Crippen LogP contribution in [0.1, 0.15) is 17.3 Å². The summed E-state index contributed by atoms with van der Waals surface area (Å²) in [4.78, 5) is 22.9. The minimum Gasteiger partial charge on any atom is -0.484 e. The number of benzene rings is 2. The van der Waals surface area contributed by atoms with E-state index in [4.69, 9.17) is 4.74 Å². The van der Waals surface area contributed by atoms with Crippen LogP contribution < -0.4 is 10.1 Å². The average Bonchev–Trinajstić information content (AvgIpc) is 2.48. The van der Waals surface area contributed by atoms with Gasteiger partial charge in [0.2, 0.25) is 0 Å². The molecule has 108 valence electrons. The average molecular weight is 287 g/mol. The van der Waals surface area contributed by atoms with Crippen molar-refractivity contribution in [1.29, 1.82) is 0 Å². The molecule has 21 heavy (non-hydrogen) atoms.